The molecule has 2 atom stereocenters. The molecular formula is C23H22F6N4OS. The summed E-state index contributed by atoms with van der Waals surface area (Å²) in [4.78, 5) is 3.36. The van der Waals surface area contributed by atoms with Crippen molar-refractivity contribution in [2.45, 2.75) is 56.3 Å². The average Bonchev–Trinajstić information content (AvgIpc) is 3.51. The number of pyridine rings is 1. The number of halogens is 6. The highest BCUT2D eigenvalue weighted by atomic mass is 32.2. The highest BCUT2D eigenvalue weighted by Gasteiger charge is 2.38. The van der Waals surface area contributed by atoms with E-state index >= 15 is 0 Å². The van der Waals surface area contributed by atoms with Crippen LogP contribution in [0.5, 0.6) is 0 Å². The van der Waals surface area contributed by atoms with Crippen molar-refractivity contribution in [3.63, 3.8) is 0 Å². The second-order valence-electron chi connectivity index (χ2n) is 9.36. The van der Waals surface area contributed by atoms with E-state index in [1.807, 2.05) is 0 Å². The Balaban J connectivity index is 1.75. The van der Waals surface area contributed by atoms with E-state index in [1.54, 1.807) is 20.8 Å². The van der Waals surface area contributed by atoms with Gasteiger partial charge in [-0.2, -0.15) is 18.3 Å². The number of benzene rings is 1. The van der Waals surface area contributed by atoms with Gasteiger partial charge in [-0.15, -0.1) is 0 Å². The van der Waals surface area contributed by atoms with Crippen molar-refractivity contribution < 1.29 is 30.6 Å². The van der Waals surface area contributed by atoms with Crippen molar-refractivity contribution in [1.82, 2.24) is 19.5 Å². The second-order valence-corrected chi connectivity index (χ2v) is 10.6. The van der Waals surface area contributed by atoms with Crippen LogP contribution in [-0.4, -0.2) is 19.0 Å². The van der Waals surface area contributed by atoms with Crippen LogP contribution in [0, 0.1) is 23.4 Å². The fraction of sp³-hybridized carbons (Fsp3) is 0.391. The molecule has 12 heteroatoms. The van der Waals surface area contributed by atoms with Gasteiger partial charge in [-0.25, -0.2) is 22.1 Å². The summed E-state index contributed by atoms with van der Waals surface area (Å²) in [5, 5.41) is 4.36. The minimum absolute atomic E-state index is 0.0208. The summed E-state index contributed by atoms with van der Waals surface area (Å²) < 4.78 is 98.4. The van der Waals surface area contributed by atoms with E-state index in [0.29, 0.717) is 11.6 Å². The van der Waals surface area contributed by atoms with Gasteiger partial charge in [0, 0.05) is 23.4 Å². The maximum absolute atomic E-state index is 14.9. The quantitative estimate of drug-likeness (QED) is 0.328. The fourth-order valence-corrected chi connectivity index (χ4v) is 4.78. The Morgan fingerprint density at radius 3 is 2.23 bits per heavy atom. The predicted octanol–water partition coefficient (Wildman–Crippen LogP) is 5.90. The van der Waals surface area contributed by atoms with Gasteiger partial charge in [-0.1, -0.05) is 0 Å². The van der Waals surface area contributed by atoms with Crippen molar-refractivity contribution in [3.05, 3.63) is 65.4 Å². The zero-order valence-corrected chi connectivity index (χ0v) is 19.8. The first-order valence-electron chi connectivity index (χ1n) is 10.7. The van der Waals surface area contributed by atoms with Gasteiger partial charge in [-0.3, -0.25) is 9.67 Å². The van der Waals surface area contributed by atoms with E-state index in [1.165, 1.54) is 10.9 Å². The van der Waals surface area contributed by atoms with Gasteiger partial charge in [-0.05, 0) is 57.7 Å². The highest BCUT2D eigenvalue weighted by molar-refractivity contribution is 7.83. The third kappa shape index (κ3) is 5.27. The molecule has 1 aromatic carbocycles. The minimum atomic E-state index is -4.63. The van der Waals surface area contributed by atoms with Crippen LogP contribution >= 0.6 is 0 Å². The summed E-state index contributed by atoms with van der Waals surface area (Å²) in [6.45, 7) is 5.41. The summed E-state index contributed by atoms with van der Waals surface area (Å²) >= 11 is 0. The van der Waals surface area contributed by atoms with Crippen LogP contribution < -0.4 is 4.72 Å². The molecule has 1 unspecified atom stereocenters. The standard InChI is InChI=1S/C23H22F6N4OS/c1-22(2,3)33-21(14-8-17(25)18(26)9-16(14)24)15(11-31-33)20(12-4-5-12)32-35(34)13-6-7-19(30-10-13)23(27,28)29/h6-12,20,32H,4-5H2,1-3H3/t20-,35?/m1/s1. The van der Waals surface area contributed by atoms with Gasteiger partial charge in [0.05, 0.1) is 28.4 Å². The molecule has 35 heavy (non-hydrogen) atoms. The first-order valence-corrected chi connectivity index (χ1v) is 11.9. The molecule has 1 fully saturated rings. The highest BCUT2D eigenvalue weighted by Crippen LogP contribution is 2.45. The first kappa shape index (κ1) is 25.4. The topological polar surface area (TPSA) is 59.8 Å². The van der Waals surface area contributed by atoms with Crippen molar-refractivity contribution >= 4 is 11.0 Å². The predicted molar refractivity (Wildman–Crippen MR) is 117 cm³/mol. The average molecular weight is 517 g/mol. The zero-order valence-electron chi connectivity index (χ0n) is 19.0. The number of aromatic nitrogens is 3. The molecule has 0 saturated heterocycles. The molecule has 3 aromatic rings. The first-order chi connectivity index (χ1) is 16.3. The SMILES string of the molecule is CC(C)(C)n1ncc([C@H](NS(=O)c2ccc(C(F)(F)F)nc2)C2CC2)c1-c1cc(F)c(F)cc1F. The lowest BCUT2D eigenvalue weighted by molar-refractivity contribution is -0.141. The van der Waals surface area contributed by atoms with Crippen molar-refractivity contribution in [1.29, 1.82) is 0 Å². The molecule has 5 nitrogen and oxygen atoms in total. The number of rotatable bonds is 6. The Hall–Kier alpha value is -2.73. The molecule has 4 rings (SSSR count). The van der Waals surface area contributed by atoms with E-state index in [9.17, 15) is 30.6 Å². The Kier molecular flexibility index (Phi) is 6.56. The largest absolute Gasteiger partial charge is 0.433 e. The lowest BCUT2D eigenvalue weighted by Crippen LogP contribution is -2.28. The molecular weight excluding hydrogens is 494 g/mol. The molecule has 0 radical (unpaired) electrons. The van der Waals surface area contributed by atoms with Crippen LogP contribution in [0.4, 0.5) is 26.3 Å². The third-order valence-corrected chi connectivity index (χ3v) is 6.74. The zero-order chi connectivity index (χ0) is 25.7. The van der Waals surface area contributed by atoms with E-state index in [0.717, 1.165) is 37.2 Å². The molecule has 1 N–H and O–H groups in total. The van der Waals surface area contributed by atoms with Crippen molar-refractivity contribution in [2.75, 3.05) is 0 Å². The normalized spacial score (nSPS) is 16.4. The van der Waals surface area contributed by atoms with E-state index in [4.69, 9.17) is 0 Å². The number of nitrogens with zero attached hydrogens (tertiary/aromatic N) is 3. The number of hydrogen-bond acceptors (Lipinski definition) is 3. The molecule has 188 valence electrons. The number of hydrogen-bond donors (Lipinski definition) is 1. The number of nitrogens with one attached hydrogen (secondary N) is 1. The smallest absolute Gasteiger partial charge is 0.259 e. The van der Waals surface area contributed by atoms with Crippen LogP contribution in [0.15, 0.2) is 41.6 Å². The summed E-state index contributed by atoms with van der Waals surface area (Å²) in [7, 11) is -1.96. The monoisotopic (exact) mass is 516 g/mol. The number of alkyl halides is 3. The Bertz CT molecular complexity index is 1260. The Morgan fingerprint density at radius 1 is 1.03 bits per heavy atom. The van der Waals surface area contributed by atoms with Crippen LogP contribution in [0.3, 0.4) is 0 Å². The molecule has 0 spiro atoms. The van der Waals surface area contributed by atoms with E-state index in [2.05, 4.69) is 14.8 Å². The second kappa shape index (κ2) is 9.05. The Labute approximate surface area is 200 Å². The fourth-order valence-electron chi connectivity index (χ4n) is 3.76. The van der Waals surface area contributed by atoms with Crippen LogP contribution in [0.1, 0.15) is 50.9 Å². The van der Waals surface area contributed by atoms with Crippen molar-refractivity contribution in [3.8, 4) is 11.3 Å². The van der Waals surface area contributed by atoms with E-state index < -0.39 is 51.9 Å². The molecule has 2 heterocycles. The molecule has 0 amide bonds. The molecule has 1 aliphatic carbocycles. The summed E-state index contributed by atoms with van der Waals surface area (Å²) in [5.41, 5.74) is -1.38. The van der Waals surface area contributed by atoms with Gasteiger partial charge in [0.2, 0.25) is 0 Å². The molecule has 2 aromatic heterocycles. The van der Waals surface area contributed by atoms with Crippen LogP contribution in [0.2, 0.25) is 0 Å². The maximum atomic E-state index is 14.9. The Morgan fingerprint density at radius 2 is 1.69 bits per heavy atom. The van der Waals surface area contributed by atoms with Gasteiger partial charge in [0.1, 0.15) is 22.5 Å². The summed E-state index contributed by atoms with van der Waals surface area (Å²) in [6, 6.07) is 2.38. The van der Waals surface area contributed by atoms with Crippen molar-refractivity contribution in [2.24, 2.45) is 5.92 Å². The van der Waals surface area contributed by atoms with Gasteiger partial charge in [0.25, 0.3) is 0 Å². The van der Waals surface area contributed by atoms with Gasteiger partial charge in [0.15, 0.2) is 11.6 Å². The minimum Gasteiger partial charge on any atom is -0.259 e. The van der Waals surface area contributed by atoms with Gasteiger partial charge >= 0.3 is 6.18 Å². The molecule has 1 aliphatic rings. The van der Waals surface area contributed by atoms with Crippen LogP contribution in [0.25, 0.3) is 11.3 Å². The lowest BCUT2D eigenvalue weighted by atomic mass is 9.97. The van der Waals surface area contributed by atoms with E-state index in [-0.39, 0.29) is 22.1 Å². The molecule has 1 saturated carbocycles. The van der Waals surface area contributed by atoms with Gasteiger partial charge < -0.3 is 0 Å². The molecule has 0 aliphatic heterocycles. The summed E-state index contributed by atoms with van der Waals surface area (Å²) in [5.74, 6) is -3.57. The molecule has 0 bridgehead atoms. The summed E-state index contributed by atoms with van der Waals surface area (Å²) in [6.07, 6.45) is -0.792. The lowest BCUT2D eigenvalue weighted by Gasteiger charge is -2.25. The van der Waals surface area contributed by atoms with Crippen LogP contribution in [-0.2, 0) is 22.7 Å². The third-order valence-electron chi connectivity index (χ3n) is 5.60. The maximum Gasteiger partial charge on any atom is 0.433 e.